The van der Waals surface area contributed by atoms with Crippen LogP contribution in [0, 0.1) is 34.7 Å². The number of hydrogen-bond donors (Lipinski definition) is 3. The van der Waals surface area contributed by atoms with Crippen molar-refractivity contribution in [1.29, 1.82) is 0 Å². The standard InChI is InChI=1S/C29H32F3N3O3/c1-38-21-4-5-26-23(15-21)28(19(16-33)17-34-26)27(37)6-7-29(18-36)8-11-35(12-9-29)10-2-3-22-24(31)13-20(30)14-25(22)32/h4-5,13-15,17,27,36-37H,6-12,16,18,33H2,1H3/t27-/m0/s1. The van der Waals surface area contributed by atoms with Crippen molar-refractivity contribution in [2.24, 2.45) is 11.1 Å². The molecule has 3 aromatic rings. The summed E-state index contributed by atoms with van der Waals surface area (Å²) in [5.74, 6) is 2.87. The zero-order valence-corrected chi connectivity index (χ0v) is 21.3. The molecule has 1 aliphatic rings. The van der Waals surface area contributed by atoms with Crippen LogP contribution < -0.4 is 10.5 Å². The predicted molar refractivity (Wildman–Crippen MR) is 139 cm³/mol. The molecule has 1 aliphatic heterocycles. The maximum absolute atomic E-state index is 13.8. The van der Waals surface area contributed by atoms with Gasteiger partial charge in [-0.2, -0.15) is 0 Å². The third-order valence-corrected chi connectivity index (χ3v) is 7.48. The van der Waals surface area contributed by atoms with E-state index in [9.17, 15) is 23.4 Å². The first-order chi connectivity index (χ1) is 18.3. The quantitative estimate of drug-likeness (QED) is 0.383. The molecule has 9 heteroatoms. The molecule has 38 heavy (non-hydrogen) atoms. The zero-order chi connectivity index (χ0) is 27.3. The van der Waals surface area contributed by atoms with E-state index in [0.29, 0.717) is 63.2 Å². The van der Waals surface area contributed by atoms with Crippen molar-refractivity contribution in [3.63, 3.8) is 0 Å². The van der Waals surface area contributed by atoms with Crippen molar-refractivity contribution >= 4 is 10.9 Å². The van der Waals surface area contributed by atoms with Crippen LogP contribution in [0.1, 0.15) is 48.5 Å². The fourth-order valence-corrected chi connectivity index (χ4v) is 5.08. The van der Waals surface area contributed by atoms with Gasteiger partial charge in [-0.3, -0.25) is 9.88 Å². The summed E-state index contributed by atoms with van der Waals surface area (Å²) < 4.78 is 46.1. The highest BCUT2D eigenvalue weighted by atomic mass is 19.1. The smallest absolute Gasteiger partial charge is 0.144 e. The number of pyridine rings is 1. The summed E-state index contributed by atoms with van der Waals surface area (Å²) >= 11 is 0. The number of fused-ring (bicyclic) bond motifs is 1. The first-order valence-corrected chi connectivity index (χ1v) is 12.6. The molecule has 0 bridgehead atoms. The molecule has 2 aromatic carbocycles. The maximum Gasteiger partial charge on any atom is 0.144 e. The monoisotopic (exact) mass is 527 g/mol. The number of aliphatic hydroxyl groups excluding tert-OH is 2. The Labute approximate surface area is 220 Å². The molecule has 4 rings (SSSR count). The molecule has 6 nitrogen and oxygen atoms in total. The molecular formula is C29H32F3N3O3. The van der Waals surface area contributed by atoms with Gasteiger partial charge in [0.25, 0.3) is 0 Å². The average Bonchev–Trinajstić information content (AvgIpc) is 2.92. The Morgan fingerprint density at radius 2 is 1.87 bits per heavy atom. The minimum atomic E-state index is -1.02. The predicted octanol–water partition coefficient (Wildman–Crippen LogP) is 4.06. The topological polar surface area (TPSA) is 91.8 Å². The second kappa shape index (κ2) is 12.1. The Morgan fingerprint density at radius 3 is 2.50 bits per heavy atom. The van der Waals surface area contributed by atoms with Crippen molar-refractivity contribution in [3.05, 3.63) is 70.7 Å². The van der Waals surface area contributed by atoms with Crippen LogP contribution in [0.5, 0.6) is 5.75 Å². The minimum Gasteiger partial charge on any atom is -0.497 e. The number of aromatic nitrogens is 1. The van der Waals surface area contributed by atoms with Crippen LogP contribution >= 0.6 is 0 Å². The summed E-state index contributed by atoms with van der Waals surface area (Å²) in [4.78, 5) is 6.50. The highest BCUT2D eigenvalue weighted by molar-refractivity contribution is 5.85. The molecule has 1 fully saturated rings. The van der Waals surface area contributed by atoms with Gasteiger partial charge in [0.05, 0.1) is 30.8 Å². The Morgan fingerprint density at radius 1 is 1.16 bits per heavy atom. The summed E-state index contributed by atoms with van der Waals surface area (Å²) in [6, 6.07) is 6.74. The van der Waals surface area contributed by atoms with Crippen LogP contribution in [0.15, 0.2) is 36.5 Å². The van der Waals surface area contributed by atoms with Crippen molar-refractivity contribution in [2.75, 3.05) is 33.4 Å². The van der Waals surface area contributed by atoms with Crippen LogP contribution in [0.4, 0.5) is 13.2 Å². The van der Waals surface area contributed by atoms with E-state index in [-0.39, 0.29) is 18.6 Å². The second-order valence-corrected chi connectivity index (χ2v) is 9.82. The molecule has 0 spiro atoms. The van der Waals surface area contributed by atoms with Crippen LogP contribution in [-0.4, -0.2) is 53.4 Å². The van der Waals surface area contributed by atoms with Crippen LogP contribution in [0.2, 0.25) is 0 Å². The lowest BCUT2D eigenvalue weighted by Crippen LogP contribution is -2.42. The van der Waals surface area contributed by atoms with E-state index in [0.717, 1.165) is 22.0 Å². The van der Waals surface area contributed by atoms with E-state index < -0.39 is 29.1 Å². The Bertz CT molecular complexity index is 1320. The van der Waals surface area contributed by atoms with Crippen molar-refractivity contribution in [1.82, 2.24) is 9.88 Å². The summed E-state index contributed by atoms with van der Waals surface area (Å²) in [5.41, 5.74) is 7.39. The number of rotatable bonds is 8. The first kappa shape index (κ1) is 27.9. The summed E-state index contributed by atoms with van der Waals surface area (Å²) in [7, 11) is 1.58. The van der Waals surface area contributed by atoms with Crippen molar-refractivity contribution in [2.45, 2.75) is 38.3 Å². The summed E-state index contributed by atoms with van der Waals surface area (Å²) in [6.07, 6.45) is 3.32. The van der Waals surface area contributed by atoms with Gasteiger partial charge in [-0.25, -0.2) is 13.2 Å². The number of ether oxygens (including phenoxy) is 1. The Hall–Kier alpha value is -3.16. The SMILES string of the molecule is COc1ccc2ncc(CN)c([C@@H](O)CCC3(CO)CCN(CC#Cc4c(F)cc(F)cc4F)CC3)c2c1. The number of likely N-dealkylation sites (tertiary alicyclic amines) is 1. The fourth-order valence-electron chi connectivity index (χ4n) is 5.08. The molecular weight excluding hydrogens is 495 g/mol. The van der Waals surface area contributed by atoms with E-state index in [4.69, 9.17) is 10.5 Å². The van der Waals surface area contributed by atoms with Gasteiger partial charge < -0.3 is 20.7 Å². The molecule has 2 heterocycles. The number of benzene rings is 2. The van der Waals surface area contributed by atoms with Crippen LogP contribution in [0.3, 0.4) is 0 Å². The Kier molecular flexibility index (Phi) is 8.90. The van der Waals surface area contributed by atoms with Gasteiger partial charge in [0.15, 0.2) is 0 Å². The fraction of sp³-hybridized carbons (Fsp3) is 0.414. The number of hydrogen-bond acceptors (Lipinski definition) is 6. The highest BCUT2D eigenvalue weighted by Crippen LogP contribution is 2.39. The number of aliphatic hydroxyl groups is 2. The molecule has 1 aromatic heterocycles. The molecule has 0 unspecified atom stereocenters. The van der Waals surface area contributed by atoms with E-state index in [2.05, 4.69) is 16.8 Å². The lowest BCUT2D eigenvalue weighted by atomic mass is 9.74. The summed E-state index contributed by atoms with van der Waals surface area (Å²) in [6.45, 7) is 1.80. The van der Waals surface area contributed by atoms with E-state index in [1.165, 1.54) is 0 Å². The van der Waals surface area contributed by atoms with E-state index >= 15 is 0 Å². The minimum absolute atomic E-state index is 0.0140. The van der Waals surface area contributed by atoms with E-state index in [1.807, 2.05) is 23.1 Å². The van der Waals surface area contributed by atoms with Gasteiger partial charge in [0, 0.05) is 36.9 Å². The van der Waals surface area contributed by atoms with Crippen molar-refractivity contribution in [3.8, 4) is 17.6 Å². The van der Waals surface area contributed by atoms with Gasteiger partial charge in [0.1, 0.15) is 23.2 Å². The van der Waals surface area contributed by atoms with Crippen LogP contribution in [0.25, 0.3) is 10.9 Å². The van der Waals surface area contributed by atoms with Gasteiger partial charge in [-0.05, 0) is 73.5 Å². The largest absolute Gasteiger partial charge is 0.497 e. The number of methoxy groups -OCH3 is 1. The number of nitrogens with zero attached hydrogens (tertiary/aromatic N) is 2. The normalized spacial score (nSPS) is 16.2. The lowest BCUT2D eigenvalue weighted by molar-refractivity contribution is 0.0272. The number of piperidine rings is 1. The van der Waals surface area contributed by atoms with Crippen molar-refractivity contribution < 1.29 is 28.1 Å². The third kappa shape index (κ3) is 6.11. The molecule has 0 amide bonds. The van der Waals surface area contributed by atoms with E-state index in [1.54, 1.807) is 13.3 Å². The molecule has 1 atom stereocenters. The highest BCUT2D eigenvalue weighted by Gasteiger charge is 2.34. The van der Waals surface area contributed by atoms with Crippen LogP contribution in [-0.2, 0) is 6.54 Å². The van der Waals surface area contributed by atoms with Gasteiger partial charge in [0.2, 0.25) is 0 Å². The summed E-state index contributed by atoms with van der Waals surface area (Å²) in [5, 5.41) is 22.3. The third-order valence-electron chi connectivity index (χ3n) is 7.48. The van der Waals surface area contributed by atoms with Gasteiger partial charge in [-0.1, -0.05) is 11.8 Å². The number of nitrogens with two attached hydrogens (primary N) is 1. The van der Waals surface area contributed by atoms with Gasteiger partial charge in [-0.15, -0.1) is 0 Å². The number of halogens is 3. The molecule has 1 saturated heterocycles. The molecule has 0 radical (unpaired) electrons. The van der Waals surface area contributed by atoms with Gasteiger partial charge >= 0.3 is 0 Å². The average molecular weight is 528 g/mol. The lowest BCUT2D eigenvalue weighted by Gasteiger charge is -2.40. The maximum atomic E-state index is 13.8. The molecule has 202 valence electrons. The zero-order valence-electron chi connectivity index (χ0n) is 21.3. The second-order valence-electron chi connectivity index (χ2n) is 9.82. The molecule has 0 saturated carbocycles. The first-order valence-electron chi connectivity index (χ1n) is 12.6. The molecule has 4 N–H and O–H groups in total. The Balaban J connectivity index is 1.40. The molecule has 0 aliphatic carbocycles.